The van der Waals surface area contributed by atoms with Crippen LogP contribution in [-0.2, 0) is 4.79 Å². The molecule has 1 aromatic rings. The van der Waals surface area contributed by atoms with Gasteiger partial charge in [0.25, 0.3) is 0 Å². The molecule has 1 rings (SSSR count). The molecule has 1 atom stereocenters. The first-order chi connectivity index (χ1) is 6.98. The van der Waals surface area contributed by atoms with E-state index in [0.29, 0.717) is 23.3 Å². The summed E-state index contributed by atoms with van der Waals surface area (Å²) in [6.07, 6.45) is 0.564. The van der Waals surface area contributed by atoms with Gasteiger partial charge >= 0.3 is 5.97 Å². The average molecular weight is 249 g/mol. The third-order valence-corrected chi connectivity index (χ3v) is 3.53. The smallest absolute Gasteiger partial charge is 0.311 e. The van der Waals surface area contributed by atoms with Crippen molar-refractivity contribution in [2.24, 2.45) is 5.41 Å². The highest BCUT2D eigenvalue weighted by atomic mass is 35.5. The first kappa shape index (κ1) is 12.3. The number of rotatable bonds is 5. The van der Waals surface area contributed by atoms with E-state index in [-0.39, 0.29) is 0 Å². The van der Waals surface area contributed by atoms with Gasteiger partial charge in [0.15, 0.2) is 5.13 Å². The van der Waals surface area contributed by atoms with Gasteiger partial charge in [-0.1, -0.05) is 18.5 Å². The topological polar surface area (TPSA) is 62.2 Å². The summed E-state index contributed by atoms with van der Waals surface area (Å²) in [6, 6.07) is 0. The van der Waals surface area contributed by atoms with E-state index in [4.69, 9.17) is 16.7 Å². The molecule has 0 aliphatic rings. The van der Waals surface area contributed by atoms with Crippen LogP contribution in [0.1, 0.15) is 20.3 Å². The summed E-state index contributed by atoms with van der Waals surface area (Å²) in [6.45, 7) is 3.91. The second kappa shape index (κ2) is 4.81. The highest BCUT2D eigenvalue weighted by molar-refractivity contribution is 7.14. The molecule has 1 unspecified atom stereocenters. The third kappa shape index (κ3) is 3.07. The standard InChI is InChI=1S/C9H13ClN2O2S/c1-3-9(2,7(13)14)5-11-8-12-6(10)4-15-8/h4H,3,5H2,1-2H3,(H,11,12)(H,13,14). The summed E-state index contributed by atoms with van der Waals surface area (Å²) in [4.78, 5) is 15.0. The van der Waals surface area contributed by atoms with Gasteiger partial charge in [-0.2, -0.15) is 0 Å². The van der Waals surface area contributed by atoms with Gasteiger partial charge in [0.1, 0.15) is 5.15 Å². The summed E-state index contributed by atoms with van der Waals surface area (Å²) in [5.74, 6) is -0.805. The van der Waals surface area contributed by atoms with Gasteiger partial charge in [0, 0.05) is 11.9 Å². The SMILES string of the molecule is CCC(C)(CNc1nc(Cl)cs1)C(=O)O. The Morgan fingerprint density at radius 2 is 2.47 bits per heavy atom. The lowest BCUT2D eigenvalue weighted by molar-refractivity contribution is -0.147. The van der Waals surface area contributed by atoms with Crippen molar-refractivity contribution in [1.82, 2.24) is 4.98 Å². The van der Waals surface area contributed by atoms with Crippen molar-refractivity contribution in [1.29, 1.82) is 0 Å². The molecule has 0 bridgehead atoms. The fraction of sp³-hybridized carbons (Fsp3) is 0.556. The first-order valence-corrected chi connectivity index (χ1v) is 5.82. The number of halogens is 1. The molecule has 15 heavy (non-hydrogen) atoms. The molecule has 0 amide bonds. The lowest BCUT2D eigenvalue weighted by Crippen LogP contribution is -2.34. The van der Waals surface area contributed by atoms with Gasteiger partial charge in [0.2, 0.25) is 0 Å². The Bertz CT molecular complexity index is 356. The maximum atomic E-state index is 11.0. The Hall–Kier alpha value is -0.810. The zero-order valence-electron chi connectivity index (χ0n) is 8.58. The number of hydrogen-bond acceptors (Lipinski definition) is 4. The fourth-order valence-corrected chi connectivity index (χ4v) is 1.79. The van der Waals surface area contributed by atoms with E-state index in [2.05, 4.69) is 10.3 Å². The maximum Gasteiger partial charge on any atom is 0.311 e. The summed E-state index contributed by atoms with van der Waals surface area (Å²) >= 11 is 7.02. The quantitative estimate of drug-likeness (QED) is 0.841. The number of aliphatic carboxylic acids is 1. The second-order valence-corrected chi connectivity index (χ2v) is 4.79. The molecule has 0 aromatic carbocycles. The van der Waals surface area contributed by atoms with Crippen molar-refractivity contribution in [3.05, 3.63) is 10.5 Å². The molecule has 84 valence electrons. The van der Waals surface area contributed by atoms with E-state index in [0.717, 1.165) is 0 Å². The molecule has 1 aromatic heterocycles. The van der Waals surface area contributed by atoms with Crippen LogP contribution in [0.3, 0.4) is 0 Å². The van der Waals surface area contributed by atoms with Crippen molar-refractivity contribution in [2.45, 2.75) is 20.3 Å². The Morgan fingerprint density at radius 3 is 2.87 bits per heavy atom. The van der Waals surface area contributed by atoms with E-state index in [1.54, 1.807) is 12.3 Å². The molecule has 0 radical (unpaired) electrons. The van der Waals surface area contributed by atoms with Crippen molar-refractivity contribution >= 4 is 34.0 Å². The number of thiazole rings is 1. The number of aromatic nitrogens is 1. The number of nitrogens with one attached hydrogen (secondary N) is 1. The van der Waals surface area contributed by atoms with Gasteiger partial charge in [-0.05, 0) is 13.3 Å². The molecule has 0 fully saturated rings. The number of carboxylic acids is 1. The number of anilines is 1. The first-order valence-electron chi connectivity index (χ1n) is 4.56. The minimum Gasteiger partial charge on any atom is -0.481 e. The number of carboxylic acid groups (broad SMARTS) is 1. The van der Waals surface area contributed by atoms with Gasteiger partial charge < -0.3 is 10.4 Å². The molecule has 0 aliphatic carbocycles. The van der Waals surface area contributed by atoms with Crippen LogP contribution >= 0.6 is 22.9 Å². The molecule has 4 nitrogen and oxygen atoms in total. The molecule has 0 aliphatic heterocycles. The van der Waals surface area contributed by atoms with Crippen LogP contribution in [0.25, 0.3) is 0 Å². The number of hydrogen-bond donors (Lipinski definition) is 2. The normalized spacial score (nSPS) is 14.6. The zero-order valence-corrected chi connectivity index (χ0v) is 10.2. The van der Waals surface area contributed by atoms with Crippen LogP contribution in [0, 0.1) is 5.41 Å². The third-order valence-electron chi connectivity index (χ3n) is 2.40. The molecule has 0 spiro atoms. The molecule has 1 heterocycles. The Morgan fingerprint density at radius 1 is 1.80 bits per heavy atom. The van der Waals surface area contributed by atoms with Gasteiger partial charge in [0.05, 0.1) is 5.41 Å². The number of carbonyl (C=O) groups is 1. The monoisotopic (exact) mass is 248 g/mol. The van der Waals surface area contributed by atoms with Crippen molar-refractivity contribution in [2.75, 3.05) is 11.9 Å². The maximum absolute atomic E-state index is 11.0. The number of nitrogens with zero attached hydrogens (tertiary/aromatic N) is 1. The highest BCUT2D eigenvalue weighted by Crippen LogP contribution is 2.24. The van der Waals surface area contributed by atoms with E-state index < -0.39 is 11.4 Å². The van der Waals surface area contributed by atoms with Gasteiger partial charge in [-0.25, -0.2) is 4.98 Å². The Labute approximate surface area is 97.3 Å². The zero-order chi connectivity index (χ0) is 11.5. The predicted molar refractivity (Wildman–Crippen MR) is 61.6 cm³/mol. The van der Waals surface area contributed by atoms with Crippen LogP contribution < -0.4 is 5.32 Å². The molecule has 0 saturated carbocycles. The lowest BCUT2D eigenvalue weighted by atomic mass is 9.88. The van der Waals surface area contributed by atoms with E-state index in [9.17, 15) is 4.79 Å². The summed E-state index contributed by atoms with van der Waals surface area (Å²) in [7, 11) is 0. The minimum absolute atomic E-state index is 0.350. The Kier molecular flexibility index (Phi) is 3.93. The predicted octanol–water partition coefficient (Wildman–Crippen LogP) is 2.71. The molecule has 0 saturated heterocycles. The van der Waals surface area contributed by atoms with Crippen molar-refractivity contribution < 1.29 is 9.90 Å². The van der Waals surface area contributed by atoms with Crippen molar-refractivity contribution in [3.63, 3.8) is 0 Å². The average Bonchev–Trinajstić information content (AvgIpc) is 2.60. The lowest BCUT2D eigenvalue weighted by Gasteiger charge is -2.22. The molecular weight excluding hydrogens is 236 g/mol. The van der Waals surface area contributed by atoms with Gasteiger partial charge in [-0.3, -0.25) is 4.79 Å². The van der Waals surface area contributed by atoms with Crippen LogP contribution in [0.15, 0.2) is 5.38 Å². The minimum atomic E-state index is -0.805. The van der Waals surface area contributed by atoms with Crippen LogP contribution in [0.2, 0.25) is 5.15 Å². The summed E-state index contributed by atoms with van der Waals surface area (Å²) < 4.78 is 0. The fourth-order valence-electron chi connectivity index (χ4n) is 0.958. The molecular formula is C9H13ClN2O2S. The van der Waals surface area contributed by atoms with E-state index >= 15 is 0 Å². The largest absolute Gasteiger partial charge is 0.481 e. The van der Waals surface area contributed by atoms with E-state index in [1.165, 1.54) is 11.3 Å². The highest BCUT2D eigenvalue weighted by Gasteiger charge is 2.30. The summed E-state index contributed by atoms with van der Waals surface area (Å²) in [5, 5.41) is 14.8. The van der Waals surface area contributed by atoms with Gasteiger partial charge in [-0.15, -0.1) is 11.3 Å². The van der Waals surface area contributed by atoms with E-state index in [1.807, 2.05) is 6.92 Å². The molecule has 2 N–H and O–H groups in total. The summed E-state index contributed by atoms with van der Waals surface area (Å²) in [5.41, 5.74) is -0.766. The van der Waals surface area contributed by atoms with Crippen LogP contribution in [0.5, 0.6) is 0 Å². The van der Waals surface area contributed by atoms with Crippen molar-refractivity contribution in [3.8, 4) is 0 Å². The molecule has 6 heteroatoms. The van der Waals surface area contributed by atoms with Crippen LogP contribution in [0.4, 0.5) is 5.13 Å². The second-order valence-electron chi connectivity index (χ2n) is 3.55. The Balaban J connectivity index is 2.59. The van der Waals surface area contributed by atoms with Crippen LogP contribution in [-0.4, -0.2) is 22.6 Å².